The number of methoxy groups -OCH3 is 2. The highest BCUT2D eigenvalue weighted by Crippen LogP contribution is 2.36. The van der Waals surface area contributed by atoms with E-state index in [0.29, 0.717) is 41.9 Å². The Morgan fingerprint density at radius 1 is 0.963 bits per heavy atom. The summed E-state index contributed by atoms with van der Waals surface area (Å²) < 4.78 is 21.8. The normalized spacial score (nSPS) is 13.8. The molecule has 0 saturated carbocycles. The monoisotopic (exact) mass is 371 g/mol. The maximum absolute atomic E-state index is 13.0. The van der Waals surface area contributed by atoms with Gasteiger partial charge in [-0.3, -0.25) is 4.79 Å². The van der Waals surface area contributed by atoms with E-state index in [1.54, 1.807) is 20.3 Å². The van der Waals surface area contributed by atoms with E-state index in [2.05, 4.69) is 5.32 Å². The van der Waals surface area contributed by atoms with Gasteiger partial charge in [-0.1, -0.05) is 19.9 Å². The molecule has 2 aromatic rings. The minimum Gasteiger partial charge on any atom is -0.493 e. The lowest BCUT2D eigenvalue weighted by molar-refractivity contribution is -0.118. The van der Waals surface area contributed by atoms with E-state index < -0.39 is 0 Å². The third kappa shape index (κ3) is 4.10. The maximum atomic E-state index is 13.0. The summed E-state index contributed by atoms with van der Waals surface area (Å²) in [6.45, 7) is 5.08. The number of benzene rings is 2. The van der Waals surface area contributed by atoms with Gasteiger partial charge >= 0.3 is 0 Å². The van der Waals surface area contributed by atoms with Crippen LogP contribution in [-0.4, -0.2) is 33.3 Å². The van der Waals surface area contributed by atoms with Crippen molar-refractivity contribution in [2.24, 2.45) is 5.92 Å². The van der Waals surface area contributed by atoms with Crippen molar-refractivity contribution >= 4 is 11.6 Å². The van der Waals surface area contributed by atoms with Crippen LogP contribution in [0.2, 0.25) is 0 Å². The lowest BCUT2D eigenvalue weighted by Crippen LogP contribution is -2.25. The third-order valence-electron chi connectivity index (χ3n) is 4.53. The van der Waals surface area contributed by atoms with Gasteiger partial charge in [0.15, 0.2) is 23.0 Å². The zero-order chi connectivity index (χ0) is 19.4. The van der Waals surface area contributed by atoms with Gasteiger partial charge < -0.3 is 24.3 Å². The molecule has 0 radical (unpaired) electrons. The number of ether oxygens (including phenoxy) is 4. The molecule has 0 fully saturated rings. The van der Waals surface area contributed by atoms with Crippen LogP contribution in [0.3, 0.4) is 0 Å². The topological polar surface area (TPSA) is 66.0 Å². The van der Waals surface area contributed by atoms with E-state index in [-0.39, 0.29) is 17.7 Å². The lowest BCUT2D eigenvalue weighted by Gasteiger charge is -2.23. The third-order valence-corrected chi connectivity index (χ3v) is 4.53. The van der Waals surface area contributed by atoms with Crippen molar-refractivity contribution in [1.29, 1.82) is 0 Å². The van der Waals surface area contributed by atoms with Crippen LogP contribution in [0.5, 0.6) is 23.0 Å². The molecule has 2 aromatic carbocycles. The van der Waals surface area contributed by atoms with Gasteiger partial charge in [-0.25, -0.2) is 0 Å². The number of anilines is 1. The smallest absolute Gasteiger partial charge is 0.232 e. The quantitative estimate of drug-likeness (QED) is 0.835. The summed E-state index contributed by atoms with van der Waals surface area (Å²) in [4.78, 5) is 13.0. The van der Waals surface area contributed by atoms with Gasteiger partial charge in [-0.15, -0.1) is 0 Å². The minimum absolute atomic E-state index is 0.0890. The molecule has 1 aliphatic heterocycles. The van der Waals surface area contributed by atoms with E-state index in [4.69, 9.17) is 18.9 Å². The molecule has 144 valence electrons. The fourth-order valence-electron chi connectivity index (χ4n) is 3.23. The highest BCUT2D eigenvalue weighted by Gasteiger charge is 2.26. The Bertz CT molecular complexity index is 818. The van der Waals surface area contributed by atoms with Crippen LogP contribution >= 0.6 is 0 Å². The van der Waals surface area contributed by atoms with Crippen molar-refractivity contribution in [1.82, 2.24) is 0 Å². The van der Waals surface area contributed by atoms with Crippen LogP contribution in [0, 0.1) is 5.92 Å². The minimum atomic E-state index is -0.335. The Kier molecular flexibility index (Phi) is 5.74. The first-order valence-corrected chi connectivity index (χ1v) is 8.96. The van der Waals surface area contributed by atoms with E-state index >= 15 is 0 Å². The summed E-state index contributed by atoms with van der Waals surface area (Å²) in [5.41, 5.74) is 1.55. The summed E-state index contributed by atoms with van der Waals surface area (Å²) in [7, 11) is 3.17. The van der Waals surface area contributed by atoms with E-state index in [0.717, 1.165) is 5.56 Å². The molecule has 0 saturated heterocycles. The van der Waals surface area contributed by atoms with Gasteiger partial charge in [-0.05, 0) is 35.7 Å². The van der Waals surface area contributed by atoms with Gasteiger partial charge in [0.25, 0.3) is 0 Å². The average Bonchev–Trinajstić information content (AvgIpc) is 2.67. The average molecular weight is 371 g/mol. The second-order valence-electron chi connectivity index (χ2n) is 6.68. The van der Waals surface area contributed by atoms with E-state index in [1.807, 2.05) is 44.2 Å². The first kappa shape index (κ1) is 18.9. The van der Waals surface area contributed by atoms with Gasteiger partial charge in [0.1, 0.15) is 13.2 Å². The summed E-state index contributed by atoms with van der Waals surface area (Å²) in [6.07, 6.45) is 0. The highest BCUT2D eigenvalue weighted by atomic mass is 16.6. The molecule has 0 aliphatic carbocycles. The molecule has 1 heterocycles. The SMILES string of the molecule is COc1ccc(C(C(=O)Nc2ccc3c(c2)OCCO3)C(C)C)cc1OC. The molecule has 1 unspecified atom stereocenters. The molecule has 27 heavy (non-hydrogen) atoms. The number of fused-ring (bicyclic) bond motifs is 1. The Morgan fingerprint density at radius 2 is 1.67 bits per heavy atom. The first-order chi connectivity index (χ1) is 13.0. The van der Waals surface area contributed by atoms with Crippen LogP contribution in [0.1, 0.15) is 25.3 Å². The number of rotatable bonds is 6. The van der Waals surface area contributed by atoms with Crippen LogP contribution in [0.25, 0.3) is 0 Å². The largest absolute Gasteiger partial charge is 0.493 e. The van der Waals surface area contributed by atoms with Gasteiger partial charge in [0.2, 0.25) is 5.91 Å². The number of carbonyl (C=O) groups is 1. The standard InChI is InChI=1S/C21H25NO5/c1-13(2)20(14-5-7-16(24-3)18(11-14)25-4)21(23)22-15-6-8-17-19(12-15)27-10-9-26-17/h5-8,11-13,20H,9-10H2,1-4H3,(H,22,23). The van der Waals surface area contributed by atoms with Crippen LogP contribution in [0.4, 0.5) is 5.69 Å². The number of hydrogen-bond acceptors (Lipinski definition) is 5. The Morgan fingerprint density at radius 3 is 2.33 bits per heavy atom. The molecule has 0 aromatic heterocycles. The summed E-state index contributed by atoms with van der Waals surface area (Å²) in [6, 6.07) is 11.0. The fourth-order valence-corrected chi connectivity index (χ4v) is 3.23. The molecule has 0 spiro atoms. The van der Waals surface area contributed by atoms with Gasteiger partial charge in [0, 0.05) is 11.8 Å². The predicted octanol–water partition coefficient (Wildman–Crippen LogP) is 3.85. The second kappa shape index (κ2) is 8.20. The van der Waals surface area contributed by atoms with Crippen molar-refractivity contribution in [3.8, 4) is 23.0 Å². The van der Waals surface area contributed by atoms with Crippen LogP contribution < -0.4 is 24.3 Å². The first-order valence-electron chi connectivity index (χ1n) is 8.96. The fraction of sp³-hybridized carbons (Fsp3) is 0.381. The molecular weight excluding hydrogens is 346 g/mol. The second-order valence-corrected chi connectivity index (χ2v) is 6.68. The molecule has 6 nitrogen and oxygen atoms in total. The van der Waals surface area contributed by atoms with Crippen LogP contribution in [0.15, 0.2) is 36.4 Å². The Labute approximate surface area is 159 Å². The Balaban J connectivity index is 1.84. The highest BCUT2D eigenvalue weighted by molar-refractivity contribution is 5.96. The van der Waals surface area contributed by atoms with Gasteiger partial charge in [0.05, 0.1) is 20.1 Å². The molecule has 3 rings (SSSR count). The summed E-state index contributed by atoms with van der Waals surface area (Å²) >= 11 is 0. The zero-order valence-electron chi connectivity index (χ0n) is 16.1. The maximum Gasteiger partial charge on any atom is 0.232 e. The zero-order valence-corrected chi connectivity index (χ0v) is 16.1. The van der Waals surface area contributed by atoms with Crippen molar-refractivity contribution in [2.75, 3.05) is 32.8 Å². The van der Waals surface area contributed by atoms with E-state index in [9.17, 15) is 4.79 Å². The molecule has 1 atom stereocenters. The number of nitrogens with one attached hydrogen (secondary N) is 1. The lowest BCUT2D eigenvalue weighted by atomic mass is 9.87. The van der Waals surface area contributed by atoms with Crippen molar-refractivity contribution in [3.63, 3.8) is 0 Å². The number of carbonyl (C=O) groups excluding carboxylic acids is 1. The molecule has 6 heteroatoms. The van der Waals surface area contributed by atoms with Crippen molar-refractivity contribution in [2.45, 2.75) is 19.8 Å². The molecule has 0 bridgehead atoms. The van der Waals surface area contributed by atoms with Crippen molar-refractivity contribution in [3.05, 3.63) is 42.0 Å². The van der Waals surface area contributed by atoms with Crippen LogP contribution in [-0.2, 0) is 4.79 Å². The number of hydrogen-bond donors (Lipinski definition) is 1. The van der Waals surface area contributed by atoms with E-state index in [1.165, 1.54) is 0 Å². The summed E-state index contributed by atoms with van der Waals surface area (Å²) in [5.74, 6) is 2.25. The molecule has 1 amide bonds. The Hall–Kier alpha value is -2.89. The van der Waals surface area contributed by atoms with Crippen molar-refractivity contribution < 1.29 is 23.7 Å². The molecule has 1 N–H and O–H groups in total. The summed E-state index contributed by atoms with van der Waals surface area (Å²) in [5, 5.41) is 2.99. The number of amides is 1. The molecular formula is C21H25NO5. The molecule has 1 aliphatic rings. The van der Waals surface area contributed by atoms with Gasteiger partial charge in [-0.2, -0.15) is 0 Å². The predicted molar refractivity (Wildman–Crippen MR) is 103 cm³/mol.